The molecule has 0 unspecified atom stereocenters. The van der Waals surface area contributed by atoms with Crippen molar-refractivity contribution >= 4 is 52.2 Å². The van der Waals surface area contributed by atoms with Crippen molar-refractivity contribution in [2.24, 2.45) is 5.10 Å². The van der Waals surface area contributed by atoms with Crippen molar-refractivity contribution in [1.82, 2.24) is 10.7 Å². The van der Waals surface area contributed by atoms with Crippen molar-refractivity contribution in [3.8, 4) is 11.5 Å². The van der Waals surface area contributed by atoms with Gasteiger partial charge < -0.3 is 24.8 Å². The molecule has 2 aromatic carbocycles. The number of nitrogens with zero attached hydrogens (tertiary/aromatic N) is 1. The first-order chi connectivity index (χ1) is 17.6. The highest BCUT2D eigenvalue weighted by Gasteiger charge is 2.15. The molecule has 0 aliphatic rings. The van der Waals surface area contributed by atoms with Crippen molar-refractivity contribution in [1.29, 1.82) is 0 Å². The van der Waals surface area contributed by atoms with Crippen LogP contribution in [0.25, 0.3) is 0 Å². The minimum absolute atomic E-state index is 0.114. The molecule has 0 radical (unpaired) electrons. The molecule has 0 atom stereocenters. The summed E-state index contributed by atoms with van der Waals surface area (Å²) in [7, 11) is 1.48. The molecule has 3 amide bonds. The van der Waals surface area contributed by atoms with Crippen molar-refractivity contribution in [2.75, 3.05) is 32.2 Å². The van der Waals surface area contributed by atoms with Gasteiger partial charge in [-0.05, 0) is 85.5 Å². The first-order valence-electron chi connectivity index (χ1n) is 11.7. The number of nitrogens with one attached hydrogen (secondary N) is 3. The third-order valence-corrected chi connectivity index (χ3v) is 5.79. The first-order valence-corrected chi connectivity index (χ1v) is 12.8. The summed E-state index contributed by atoms with van der Waals surface area (Å²) in [6.07, 6.45) is 2.09. The van der Waals surface area contributed by atoms with Crippen LogP contribution in [0.15, 0.2) is 35.4 Å². The van der Waals surface area contributed by atoms with Crippen LogP contribution in [0.3, 0.4) is 0 Å². The molecule has 10 nitrogen and oxygen atoms in total. The molecular formula is C26H33IN4O6. The first kappa shape index (κ1) is 30.0. The zero-order valence-electron chi connectivity index (χ0n) is 21.6. The Labute approximate surface area is 230 Å². The van der Waals surface area contributed by atoms with Gasteiger partial charge in [-0.1, -0.05) is 18.2 Å². The number of para-hydroxylation sites is 1. The number of aryl methyl sites for hydroxylation is 2. The highest BCUT2D eigenvalue weighted by Crippen LogP contribution is 2.33. The number of rotatable bonds is 12. The molecule has 2 rings (SSSR count). The molecule has 0 saturated carbocycles. The predicted molar refractivity (Wildman–Crippen MR) is 150 cm³/mol. The highest BCUT2D eigenvalue weighted by atomic mass is 127. The predicted octanol–water partition coefficient (Wildman–Crippen LogP) is 3.32. The topological polar surface area (TPSA) is 127 Å². The molecule has 0 spiro atoms. The van der Waals surface area contributed by atoms with Gasteiger partial charge in [0.2, 0.25) is 0 Å². The van der Waals surface area contributed by atoms with E-state index in [1.807, 2.05) is 45.9 Å². The van der Waals surface area contributed by atoms with E-state index in [1.54, 1.807) is 12.1 Å². The van der Waals surface area contributed by atoms with Crippen LogP contribution in [-0.4, -0.2) is 56.9 Å². The lowest BCUT2D eigenvalue weighted by Crippen LogP contribution is -2.38. The van der Waals surface area contributed by atoms with E-state index < -0.39 is 11.8 Å². The second-order valence-corrected chi connectivity index (χ2v) is 9.53. The number of hydrazone groups is 1. The lowest BCUT2D eigenvalue weighted by molar-refractivity contribution is -0.139. The smallest absolute Gasteiger partial charge is 0.329 e. The minimum Gasteiger partial charge on any atom is -0.493 e. The monoisotopic (exact) mass is 624 g/mol. The summed E-state index contributed by atoms with van der Waals surface area (Å²) in [4.78, 5) is 36.2. The molecule has 200 valence electrons. The zero-order valence-corrected chi connectivity index (χ0v) is 23.8. The third kappa shape index (κ3) is 10.00. The third-order valence-electron chi connectivity index (χ3n) is 4.99. The van der Waals surface area contributed by atoms with E-state index in [0.717, 1.165) is 16.8 Å². The highest BCUT2D eigenvalue weighted by molar-refractivity contribution is 14.1. The molecule has 11 heteroatoms. The molecule has 37 heavy (non-hydrogen) atoms. The average molecular weight is 624 g/mol. The van der Waals surface area contributed by atoms with Crippen molar-refractivity contribution in [2.45, 2.75) is 40.2 Å². The fourth-order valence-corrected chi connectivity index (χ4v) is 3.95. The molecule has 0 aliphatic carbocycles. The second kappa shape index (κ2) is 15.2. The molecular weight excluding hydrogens is 591 g/mol. The summed E-state index contributed by atoms with van der Waals surface area (Å²) in [5.41, 5.74) is 5.48. The van der Waals surface area contributed by atoms with E-state index in [2.05, 4.69) is 43.8 Å². The van der Waals surface area contributed by atoms with Gasteiger partial charge in [0.05, 0.1) is 23.0 Å². The maximum absolute atomic E-state index is 12.5. The van der Waals surface area contributed by atoms with Gasteiger partial charge in [0.25, 0.3) is 5.91 Å². The number of anilines is 1. The lowest BCUT2D eigenvalue weighted by atomic mass is 10.1. The summed E-state index contributed by atoms with van der Waals surface area (Å²) < 4.78 is 17.2. The van der Waals surface area contributed by atoms with Gasteiger partial charge in [0.15, 0.2) is 18.1 Å². The van der Waals surface area contributed by atoms with Crippen LogP contribution in [0, 0.1) is 17.4 Å². The minimum atomic E-state index is -0.877. The summed E-state index contributed by atoms with van der Waals surface area (Å²) >= 11 is 2.06. The number of amides is 3. The van der Waals surface area contributed by atoms with Crippen LogP contribution in [-0.2, 0) is 19.1 Å². The van der Waals surface area contributed by atoms with Crippen LogP contribution >= 0.6 is 22.6 Å². The van der Waals surface area contributed by atoms with Crippen LogP contribution in [0.1, 0.15) is 37.0 Å². The summed E-state index contributed by atoms with van der Waals surface area (Å²) in [6, 6.07) is 9.17. The zero-order chi connectivity index (χ0) is 27.4. The van der Waals surface area contributed by atoms with E-state index in [0.29, 0.717) is 40.2 Å². The largest absolute Gasteiger partial charge is 0.493 e. The second-order valence-electron chi connectivity index (χ2n) is 8.37. The maximum atomic E-state index is 12.5. The number of hydrogen-bond donors (Lipinski definition) is 3. The van der Waals surface area contributed by atoms with Crippen LogP contribution in [0.2, 0.25) is 0 Å². The number of hydrogen-bond acceptors (Lipinski definition) is 7. The van der Waals surface area contributed by atoms with Gasteiger partial charge in [0.1, 0.15) is 0 Å². The van der Waals surface area contributed by atoms with E-state index in [-0.39, 0.29) is 18.6 Å². The Morgan fingerprint density at radius 1 is 1.11 bits per heavy atom. The molecule has 0 heterocycles. The van der Waals surface area contributed by atoms with E-state index in [1.165, 1.54) is 13.3 Å². The Morgan fingerprint density at radius 3 is 2.46 bits per heavy atom. The normalized spacial score (nSPS) is 10.9. The van der Waals surface area contributed by atoms with E-state index in [9.17, 15) is 14.4 Å². The Bertz CT molecular complexity index is 1120. The van der Waals surface area contributed by atoms with Gasteiger partial charge in [-0.15, -0.1) is 0 Å². The maximum Gasteiger partial charge on any atom is 0.329 e. The number of halogens is 1. The van der Waals surface area contributed by atoms with Gasteiger partial charge in [-0.3, -0.25) is 14.4 Å². The standard InChI is InChI=1S/C26H33IN4O6/c1-16(2)36-11-7-10-28-25(33)26(34)31-29-14-19-12-20(27)24(21(13-19)35-5)37-15-22(32)30-23-17(3)8-6-9-18(23)4/h6,8-9,12-14,16H,7,10-11,15H2,1-5H3,(H,28,33)(H,30,32)(H,31,34)/b29-14-. The van der Waals surface area contributed by atoms with Crippen LogP contribution in [0.4, 0.5) is 5.69 Å². The Balaban J connectivity index is 1.91. The summed E-state index contributed by atoms with van der Waals surface area (Å²) in [5.74, 6) is -1.16. The lowest BCUT2D eigenvalue weighted by Gasteiger charge is -2.15. The number of carbonyl (C=O) groups is 3. The van der Waals surface area contributed by atoms with E-state index >= 15 is 0 Å². The fraction of sp³-hybridized carbons (Fsp3) is 0.385. The summed E-state index contributed by atoms with van der Waals surface area (Å²) in [5, 5.41) is 9.23. The molecule has 2 aromatic rings. The number of benzene rings is 2. The van der Waals surface area contributed by atoms with Crippen LogP contribution < -0.4 is 25.5 Å². The molecule has 0 saturated heterocycles. The van der Waals surface area contributed by atoms with Crippen LogP contribution in [0.5, 0.6) is 11.5 Å². The average Bonchev–Trinajstić information content (AvgIpc) is 2.84. The molecule has 3 N–H and O–H groups in total. The van der Waals surface area contributed by atoms with E-state index in [4.69, 9.17) is 14.2 Å². The molecule has 0 bridgehead atoms. The Morgan fingerprint density at radius 2 is 1.81 bits per heavy atom. The molecule has 0 aromatic heterocycles. The van der Waals surface area contributed by atoms with Crippen molar-refractivity contribution < 1.29 is 28.6 Å². The van der Waals surface area contributed by atoms with Crippen molar-refractivity contribution in [3.05, 3.63) is 50.6 Å². The Kier molecular flexibility index (Phi) is 12.3. The summed E-state index contributed by atoms with van der Waals surface area (Å²) in [6.45, 7) is 8.31. The van der Waals surface area contributed by atoms with Gasteiger partial charge in [-0.25, -0.2) is 5.43 Å². The van der Waals surface area contributed by atoms with Gasteiger partial charge >= 0.3 is 11.8 Å². The molecule has 0 aliphatic heterocycles. The fourth-order valence-electron chi connectivity index (χ4n) is 3.17. The quantitative estimate of drug-likeness (QED) is 0.109. The number of methoxy groups -OCH3 is 1. The van der Waals surface area contributed by atoms with Crippen molar-refractivity contribution in [3.63, 3.8) is 0 Å². The number of ether oxygens (including phenoxy) is 3. The number of carbonyl (C=O) groups excluding carboxylic acids is 3. The van der Waals surface area contributed by atoms with Gasteiger partial charge in [0, 0.05) is 18.8 Å². The Hall–Kier alpha value is -3.19. The SMILES string of the molecule is COc1cc(/C=N\NC(=O)C(=O)NCCCOC(C)C)cc(I)c1OCC(=O)Nc1c(C)cccc1C. The van der Waals surface area contributed by atoms with Gasteiger partial charge in [-0.2, -0.15) is 5.10 Å². The molecule has 0 fully saturated rings.